The summed E-state index contributed by atoms with van der Waals surface area (Å²) < 4.78 is 26.9. The molecular weight excluding hydrogens is 414 g/mol. The highest BCUT2D eigenvalue weighted by molar-refractivity contribution is 7.98. The number of thiazole rings is 1. The molecule has 3 aromatic rings. The van der Waals surface area contributed by atoms with E-state index in [1.165, 1.54) is 11.3 Å². The van der Waals surface area contributed by atoms with Crippen molar-refractivity contribution in [3.05, 3.63) is 76.3 Å². The molecule has 0 bridgehead atoms. The summed E-state index contributed by atoms with van der Waals surface area (Å²) in [6, 6.07) is 18.9. The molecule has 0 radical (unpaired) electrons. The van der Waals surface area contributed by atoms with Crippen LogP contribution in [0.1, 0.15) is 26.5 Å². The average molecular weight is 431 g/mol. The van der Waals surface area contributed by atoms with Crippen LogP contribution in [0.3, 0.4) is 0 Å². The van der Waals surface area contributed by atoms with Crippen molar-refractivity contribution in [3.8, 4) is 6.07 Å². The van der Waals surface area contributed by atoms with E-state index < -0.39 is 11.7 Å². The summed E-state index contributed by atoms with van der Waals surface area (Å²) in [6.07, 6.45) is 0. The summed E-state index contributed by atoms with van der Waals surface area (Å²) in [4.78, 5) is 19.2. The largest absolute Gasteiger partial charge is 0.313 e. The molecule has 0 aliphatic carbocycles. The van der Waals surface area contributed by atoms with Crippen LogP contribution in [0.25, 0.3) is 0 Å². The lowest BCUT2D eigenvalue weighted by Gasteiger charge is -2.22. The van der Waals surface area contributed by atoms with E-state index in [0.29, 0.717) is 22.1 Å². The molecular formula is C20H16F2N4OS2. The van der Waals surface area contributed by atoms with Gasteiger partial charge in [0.15, 0.2) is 5.13 Å². The number of benzene rings is 2. The molecule has 9 heteroatoms. The normalized spacial score (nSPS) is 10.6. The maximum Gasteiger partial charge on any atom is 0.302 e. The third-order valence-corrected chi connectivity index (χ3v) is 5.44. The van der Waals surface area contributed by atoms with E-state index in [1.807, 2.05) is 47.4 Å². The van der Waals surface area contributed by atoms with E-state index in [9.17, 15) is 13.6 Å². The lowest BCUT2D eigenvalue weighted by atomic mass is 10.2. The number of rotatable bonds is 7. The number of nitriles is 1. The molecule has 29 heavy (non-hydrogen) atoms. The number of hydrogen-bond acceptors (Lipinski definition) is 6. The summed E-state index contributed by atoms with van der Waals surface area (Å²) in [6.45, 7) is 2.22. The molecule has 1 aromatic heterocycles. The Hall–Kier alpha value is -2.96. The van der Waals surface area contributed by atoms with Gasteiger partial charge in [-0.25, -0.2) is 4.98 Å². The smallest absolute Gasteiger partial charge is 0.302 e. The second kappa shape index (κ2) is 9.49. The van der Waals surface area contributed by atoms with Crippen LogP contribution in [0.4, 0.5) is 19.6 Å². The molecule has 0 atom stereocenters. The first kappa shape index (κ1) is 20.8. The van der Waals surface area contributed by atoms with Crippen LogP contribution in [0.5, 0.6) is 0 Å². The van der Waals surface area contributed by atoms with Crippen LogP contribution >= 0.6 is 23.3 Å². The Kier molecular flexibility index (Phi) is 6.80. The first-order valence-electron chi connectivity index (χ1n) is 8.51. The van der Waals surface area contributed by atoms with Crippen molar-refractivity contribution in [1.29, 1.82) is 5.26 Å². The van der Waals surface area contributed by atoms with E-state index in [-0.39, 0.29) is 17.6 Å². The number of carbonyl (C=O) groups excluding carboxylic acids is 1. The molecule has 3 rings (SSSR count). The molecule has 0 aliphatic heterocycles. The average Bonchev–Trinajstić information content (AvgIpc) is 3.12. The number of nitrogens with zero attached hydrogens (tertiary/aromatic N) is 3. The van der Waals surface area contributed by atoms with Crippen molar-refractivity contribution in [3.63, 3.8) is 0 Å². The highest BCUT2D eigenvalue weighted by Crippen LogP contribution is 2.33. The summed E-state index contributed by atoms with van der Waals surface area (Å²) in [5.74, 6) is -3.36. The fraction of sp³-hybridized carbons (Fsp3) is 0.150. The minimum absolute atomic E-state index is 0.0512. The van der Waals surface area contributed by atoms with E-state index in [4.69, 9.17) is 5.26 Å². The molecule has 0 spiro atoms. The van der Waals surface area contributed by atoms with Crippen LogP contribution in [0.2, 0.25) is 0 Å². The summed E-state index contributed by atoms with van der Waals surface area (Å²) in [7, 11) is 0. The minimum Gasteiger partial charge on any atom is -0.313 e. The number of hydrogen-bond donors (Lipinski definition) is 1. The highest BCUT2D eigenvalue weighted by atomic mass is 32.2. The van der Waals surface area contributed by atoms with Crippen molar-refractivity contribution in [2.75, 3.05) is 4.90 Å². The van der Waals surface area contributed by atoms with E-state index >= 15 is 0 Å². The van der Waals surface area contributed by atoms with Gasteiger partial charge in [-0.2, -0.15) is 14.0 Å². The van der Waals surface area contributed by atoms with Crippen LogP contribution in [-0.4, -0.2) is 16.6 Å². The summed E-state index contributed by atoms with van der Waals surface area (Å²) in [5, 5.41) is 9.59. The summed E-state index contributed by atoms with van der Waals surface area (Å²) >= 11 is 1.35. The Morgan fingerprint density at radius 2 is 1.93 bits per heavy atom. The van der Waals surface area contributed by atoms with Crippen LogP contribution in [0.15, 0.2) is 54.6 Å². The van der Waals surface area contributed by atoms with Gasteiger partial charge < -0.3 is 4.90 Å². The van der Waals surface area contributed by atoms with Gasteiger partial charge in [0.25, 0.3) is 5.91 Å². The van der Waals surface area contributed by atoms with E-state index in [2.05, 4.69) is 15.8 Å². The highest BCUT2D eigenvalue weighted by Gasteiger charge is 2.21. The maximum absolute atomic E-state index is 12.4. The molecule has 0 aliphatic rings. The van der Waals surface area contributed by atoms with Gasteiger partial charge in [-0.3, -0.25) is 9.52 Å². The minimum atomic E-state index is -2.70. The first-order chi connectivity index (χ1) is 14.0. The Bertz CT molecular complexity index is 1020. The predicted octanol–water partition coefficient (Wildman–Crippen LogP) is 5.26. The number of alkyl halides is 2. The molecule has 2 aromatic carbocycles. The van der Waals surface area contributed by atoms with Gasteiger partial charge in [0.1, 0.15) is 5.69 Å². The molecule has 1 N–H and O–H groups in total. The lowest BCUT2D eigenvalue weighted by molar-refractivity contribution is 0.0977. The molecule has 1 amide bonds. The van der Waals surface area contributed by atoms with E-state index in [1.54, 1.807) is 19.1 Å². The van der Waals surface area contributed by atoms with Gasteiger partial charge in [0, 0.05) is 22.5 Å². The van der Waals surface area contributed by atoms with Gasteiger partial charge in [-0.05, 0) is 36.8 Å². The van der Waals surface area contributed by atoms with Gasteiger partial charge >= 0.3 is 5.76 Å². The number of nitrogens with one attached hydrogen (secondary N) is 1. The number of aryl methyl sites for hydroxylation is 1. The van der Waals surface area contributed by atoms with Crippen molar-refractivity contribution in [2.24, 2.45) is 0 Å². The Morgan fingerprint density at radius 3 is 2.55 bits per heavy atom. The topological polar surface area (TPSA) is 69.0 Å². The third-order valence-electron chi connectivity index (χ3n) is 3.96. The number of carbonyl (C=O) groups is 1. The maximum atomic E-state index is 12.4. The standard InChI is InChI=1S/C20H16F2N4OS2/c1-13-17(18(27)25-29-19(21)22)24-20(28-13)26(12-15-5-3-2-4-6-15)16-9-7-14(11-23)8-10-16/h2-10,19H,12H2,1H3,(H,25,27). The molecule has 0 saturated carbocycles. The Labute approximate surface area is 175 Å². The van der Waals surface area contributed by atoms with Gasteiger partial charge in [0.05, 0.1) is 18.2 Å². The van der Waals surface area contributed by atoms with Crippen LogP contribution in [0, 0.1) is 18.3 Å². The molecule has 148 valence electrons. The van der Waals surface area contributed by atoms with Crippen LogP contribution < -0.4 is 9.62 Å². The Morgan fingerprint density at radius 1 is 1.24 bits per heavy atom. The molecule has 0 unspecified atom stereocenters. The van der Waals surface area contributed by atoms with Gasteiger partial charge in [-0.1, -0.05) is 30.3 Å². The Balaban J connectivity index is 1.94. The zero-order valence-corrected chi connectivity index (χ0v) is 16.9. The van der Waals surface area contributed by atoms with E-state index in [0.717, 1.165) is 11.3 Å². The first-order valence-corrected chi connectivity index (χ1v) is 10.2. The number of amides is 1. The molecule has 1 heterocycles. The molecule has 0 fully saturated rings. The lowest BCUT2D eigenvalue weighted by Crippen LogP contribution is -2.20. The molecule has 0 saturated heterocycles. The second-order valence-corrected chi connectivity index (χ2v) is 7.92. The zero-order valence-electron chi connectivity index (χ0n) is 15.3. The number of anilines is 2. The van der Waals surface area contributed by atoms with Crippen molar-refractivity contribution in [2.45, 2.75) is 19.2 Å². The van der Waals surface area contributed by atoms with Crippen LogP contribution in [-0.2, 0) is 6.54 Å². The van der Waals surface area contributed by atoms with Gasteiger partial charge in [-0.15, -0.1) is 11.3 Å². The predicted molar refractivity (Wildman–Crippen MR) is 111 cm³/mol. The zero-order chi connectivity index (χ0) is 20.8. The quantitative estimate of drug-likeness (QED) is 0.518. The van der Waals surface area contributed by atoms with Gasteiger partial charge in [0.2, 0.25) is 0 Å². The SMILES string of the molecule is Cc1sc(N(Cc2ccccc2)c2ccc(C#N)cc2)nc1C(=O)NSC(F)F. The molecule has 5 nitrogen and oxygen atoms in total. The number of halogens is 2. The summed E-state index contributed by atoms with van der Waals surface area (Å²) in [5.41, 5.74) is 2.48. The van der Waals surface area contributed by atoms with Crippen molar-refractivity contribution >= 4 is 40.0 Å². The second-order valence-electron chi connectivity index (χ2n) is 5.94. The van der Waals surface area contributed by atoms with Crippen molar-refractivity contribution < 1.29 is 13.6 Å². The fourth-order valence-electron chi connectivity index (χ4n) is 2.61. The number of aromatic nitrogens is 1. The monoisotopic (exact) mass is 430 g/mol. The third kappa shape index (κ3) is 5.31. The fourth-order valence-corrected chi connectivity index (χ4v) is 3.82. The van der Waals surface area contributed by atoms with Crippen molar-refractivity contribution in [1.82, 2.24) is 9.71 Å².